The van der Waals surface area contributed by atoms with Crippen LogP contribution in [0.15, 0.2) is 54.7 Å². The van der Waals surface area contributed by atoms with E-state index < -0.39 is 5.91 Å². The van der Waals surface area contributed by atoms with Gasteiger partial charge in [0.05, 0.1) is 0 Å². The molecule has 2 aromatic carbocycles. The summed E-state index contributed by atoms with van der Waals surface area (Å²) in [6, 6.07) is 18.1. The van der Waals surface area contributed by atoms with Crippen LogP contribution in [-0.2, 0) is 39.3 Å². The van der Waals surface area contributed by atoms with Crippen molar-refractivity contribution in [1.29, 1.82) is 0 Å². The molecule has 4 nitrogen and oxygen atoms in total. The van der Waals surface area contributed by atoms with E-state index in [1.807, 2.05) is 42.6 Å². The van der Waals surface area contributed by atoms with Crippen LogP contribution in [-0.4, -0.2) is 15.7 Å². The molecule has 0 bridgehead atoms. The van der Waals surface area contributed by atoms with Crippen LogP contribution >= 0.6 is 0 Å². The third kappa shape index (κ3) is 3.83. The number of carbonyl (C=O) groups excluding carboxylic acids is 1. The van der Waals surface area contributed by atoms with Crippen LogP contribution in [0.2, 0.25) is 0 Å². The number of fused-ring (bicyclic) bond motifs is 1. The van der Waals surface area contributed by atoms with Crippen LogP contribution < -0.4 is 5.48 Å². The first-order valence-electron chi connectivity index (χ1n) is 6.26. The third-order valence-corrected chi connectivity index (χ3v) is 3.28. The second kappa shape index (κ2) is 8.23. The summed E-state index contributed by atoms with van der Waals surface area (Å²) >= 11 is 0. The minimum absolute atomic E-state index is 0. The van der Waals surface area contributed by atoms with E-state index in [0.717, 1.165) is 17.4 Å². The molecule has 3 aromatic rings. The van der Waals surface area contributed by atoms with Crippen molar-refractivity contribution >= 4 is 16.8 Å². The number of carbonyl (C=O) groups is 1. The minimum atomic E-state index is -0.506. The van der Waals surface area contributed by atoms with Crippen molar-refractivity contribution in [3.63, 3.8) is 0 Å². The van der Waals surface area contributed by atoms with Crippen LogP contribution in [0, 0.1) is 13.5 Å². The smallest absolute Gasteiger partial charge is 0.274 e. The van der Waals surface area contributed by atoms with Crippen molar-refractivity contribution in [3.8, 4) is 0 Å². The van der Waals surface area contributed by atoms with Crippen molar-refractivity contribution in [2.75, 3.05) is 0 Å². The largest absolute Gasteiger partial charge is 0.358 e. The molecule has 0 saturated carbocycles. The molecule has 0 aliphatic heterocycles. The number of hydrogen-bond donors (Lipinski definition) is 2. The standard InChI is InChI=1S/C16H13N2O2.CH3.Y/c19-16(17-20)14-7-6-13-8-9-18(15(13)10-14)11-12-4-2-1-3-5-12;;/h2-10,20H,11H2,(H,17,19);1H3;/q2*-1;. The van der Waals surface area contributed by atoms with E-state index in [9.17, 15) is 4.79 Å². The van der Waals surface area contributed by atoms with Gasteiger partial charge in [-0.25, -0.2) is 5.48 Å². The number of hydrogen-bond acceptors (Lipinski definition) is 2. The normalized spacial score (nSPS) is 9.68. The Kier molecular flexibility index (Phi) is 6.94. The Morgan fingerprint density at radius 3 is 2.59 bits per heavy atom. The van der Waals surface area contributed by atoms with Gasteiger partial charge in [-0.2, -0.15) is 30.3 Å². The zero-order valence-electron chi connectivity index (χ0n) is 12.3. The Morgan fingerprint density at radius 2 is 1.91 bits per heavy atom. The molecule has 22 heavy (non-hydrogen) atoms. The van der Waals surface area contributed by atoms with Gasteiger partial charge in [0.25, 0.3) is 5.91 Å². The molecule has 0 aliphatic carbocycles. The van der Waals surface area contributed by atoms with Crippen molar-refractivity contribution in [2.24, 2.45) is 0 Å². The fourth-order valence-corrected chi connectivity index (χ4v) is 2.25. The minimum Gasteiger partial charge on any atom is -0.358 e. The SMILES string of the molecule is O=C(NO)c1ccc2ccn(Cc3cc[c-]cc3)c2c1.[CH3-].[Y]. The summed E-state index contributed by atoms with van der Waals surface area (Å²) in [4.78, 5) is 11.5. The molecular weight excluding hydrogens is 353 g/mol. The predicted octanol–water partition coefficient (Wildman–Crippen LogP) is 3.06. The fourth-order valence-electron chi connectivity index (χ4n) is 2.25. The van der Waals surface area contributed by atoms with Gasteiger partial charge in [-0.3, -0.25) is 10.0 Å². The molecule has 5 heteroatoms. The van der Waals surface area contributed by atoms with E-state index in [1.54, 1.807) is 17.6 Å². The maximum atomic E-state index is 11.5. The first-order valence-corrected chi connectivity index (χ1v) is 6.26. The van der Waals surface area contributed by atoms with E-state index in [1.165, 1.54) is 5.56 Å². The van der Waals surface area contributed by atoms with Gasteiger partial charge in [0.2, 0.25) is 0 Å². The van der Waals surface area contributed by atoms with Crippen molar-refractivity contribution < 1.29 is 42.7 Å². The van der Waals surface area contributed by atoms with Gasteiger partial charge in [-0.15, -0.1) is 5.56 Å². The molecule has 0 spiro atoms. The van der Waals surface area contributed by atoms with Crippen LogP contribution in [0.1, 0.15) is 15.9 Å². The number of hydroxylamine groups is 1. The van der Waals surface area contributed by atoms with Crippen LogP contribution in [0.4, 0.5) is 0 Å². The maximum absolute atomic E-state index is 11.5. The number of nitrogens with zero attached hydrogens (tertiary/aromatic N) is 1. The predicted molar refractivity (Wildman–Crippen MR) is 82.0 cm³/mol. The van der Waals surface area contributed by atoms with Gasteiger partial charge in [0, 0.05) is 56.5 Å². The van der Waals surface area contributed by atoms with E-state index in [0.29, 0.717) is 5.56 Å². The monoisotopic (exact) mass is 369 g/mol. The van der Waals surface area contributed by atoms with Crippen molar-refractivity contribution in [1.82, 2.24) is 10.0 Å². The molecular formula is C17H16N2O2Y-2. The molecule has 2 N–H and O–H groups in total. The first-order chi connectivity index (χ1) is 9.78. The maximum Gasteiger partial charge on any atom is 0.274 e. The number of rotatable bonds is 3. The summed E-state index contributed by atoms with van der Waals surface area (Å²) < 4.78 is 2.07. The molecule has 1 amide bonds. The molecule has 0 aliphatic rings. The Hall–Kier alpha value is -1.49. The zero-order valence-corrected chi connectivity index (χ0v) is 15.1. The molecule has 111 valence electrons. The second-order valence-electron chi connectivity index (χ2n) is 4.57. The van der Waals surface area contributed by atoms with E-state index >= 15 is 0 Å². The zero-order chi connectivity index (χ0) is 13.9. The number of aromatic nitrogens is 1. The van der Waals surface area contributed by atoms with Gasteiger partial charge in [-0.05, 0) is 23.6 Å². The number of benzene rings is 2. The van der Waals surface area contributed by atoms with Gasteiger partial charge in [0.1, 0.15) is 0 Å². The van der Waals surface area contributed by atoms with Gasteiger partial charge in [0.15, 0.2) is 0 Å². The topological polar surface area (TPSA) is 54.3 Å². The van der Waals surface area contributed by atoms with Crippen LogP contribution in [0.25, 0.3) is 10.9 Å². The van der Waals surface area contributed by atoms with Gasteiger partial charge in [-0.1, -0.05) is 6.07 Å². The fraction of sp³-hybridized carbons (Fsp3) is 0.0588. The van der Waals surface area contributed by atoms with Gasteiger partial charge >= 0.3 is 0 Å². The van der Waals surface area contributed by atoms with Crippen LogP contribution in [0.5, 0.6) is 0 Å². The van der Waals surface area contributed by atoms with E-state index in [2.05, 4.69) is 10.6 Å². The summed E-state index contributed by atoms with van der Waals surface area (Å²) in [6.45, 7) is 0.725. The summed E-state index contributed by atoms with van der Waals surface area (Å²) in [5.74, 6) is -0.506. The second-order valence-corrected chi connectivity index (χ2v) is 4.57. The number of nitrogens with one attached hydrogen (secondary N) is 1. The van der Waals surface area contributed by atoms with Crippen LogP contribution in [0.3, 0.4) is 0 Å². The molecule has 0 unspecified atom stereocenters. The summed E-state index contributed by atoms with van der Waals surface area (Å²) in [5, 5.41) is 9.76. The quantitative estimate of drug-likeness (QED) is 0.424. The molecule has 0 saturated heterocycles. The Balaban J connectivity index is 0.00000121. The summed E-state index contributed by atoms with van der Waals surface area (Å²) in [5.41, 5.74) is 4.21. The molecule has 1 heterocycles. The van der Waals surface area contributed by atoms with Gasteiger partial charge < -0.3 is 12.0 Å². The molecule has 0 atom stereocenters. The van der Waals surface area contributed by atoms with E-state index in [-0.39, 0.29) is 40.1 Å². The third-order valence-electron chi connectivity index (χ3n) is 3.28. The summed E-state index contributed by atoms with van der Waals surface area (Å²) in [7, 11) is 0. The Morgan fingerprint density at radius 1 is 1.18 bits per heavy atom. The average Bonchev–Trinajstić information content (AvgIpc) is 2.90. The average molecular weight is 369 g/mol. The Labute approximate surface area is 155 Å². The van der Waals surface area contributed by atoms with Crippen molar-refractivity contribution in [3.05, 3.63) is 79.3 Å². The molecule has 3 rings (SSSR count). The number of amides is 1. The molecule has 1 aromatic heterocycles. The van der Waals surface area contributed by atoms with E-state index in [4.69, 9.17) is 5.21 Å². The molecule has 0 fully saturated rings. The van der Waals surface area contributed by atoms with Crippen molar-refractivity contribution in [2.45, 2.75) is 6.54 Å². The molecule has 1 radical (unpaired) electrons. The first kappa shape index (κ1) is 18.6. The Bertz CT molecular complexity index is 754. The summed E-state index contributed by atoms with van der Waals surface area (Å²) in [6.07, 6.45) is 1.99.